The molecule has 4 saturated carbocycles. The summed E-state index contributed by atoms with van der Waals surface area (Å²) >= 11 is 6.09. The third-order valence-electron chi connectivity index (χ3n) is 6.68. The minimum absolute atomic E-state index is 0.0439. The lowest BCUT2D eigenvalue weighted by molar-refractivity contribution is -0.146. The zero-order chi connectivity index (χ0) is 19.9. The molecular formula is C21H27ClN2O4. The maximum Gasteiger partial charge on any atom is 0.243 e. The predicted octanol–water partition coefficient (Wildman–Crippen LogP) is 3.63. The van der Waals surface area contributed by atoms with Gasteiger partial charge in [-0.3, -0.25) is 9.59 Å². The highest BCUT2D eigenvalue weighted by molar-refractivity contribution is 6.32. The van der Waals surface area contributed by atoms with Crippen LogP contribution < -0.4 is 20.1 Å². The van der Waals surface area contributed by atoms with Gasteiger partial charge in [0.15, 0.2) is 0 Å². The third-order valence-corrected chi connectivity index (χ3v) is 6.97. The van der Waals surface area contributed by atoms with Crippen LogP contribution in [0.4, 0.5) is 5.69 Å². The predicted molar refractivity (Wildman–Crippen MR) is 107 cm³/mol. The van der Waals surface area contributed by atoms with Crippen LogP contribution in [0.1, 0.15) is 38.5 Å². The van der Waals surface area contributed by atoms with E-state index < -0.39 is 0 Å². The number of halogens is 1. The number of methoxy groups -OCH3 is 2. The normalized spacial score (nSPS) is 30.0. The van der Waals surface area contributed by atoms with Crippen molar-refractivity contribution in [1.82, 2.24) is 5.32 Å². The van der Waals surface area contributed by atoms with Crippen LogP contribution in [0.5, 0.6) is 11.5 Å². The number of hydrogen-bond donors (Lipinski definition) is 2. The highest BCUT2D eigenvalue weighted by Crippen LogP contribution is 2.60. The Morgan fingerprint density at radius 2 is 1.61 bits per heavy atom. The average Bonchev–Trinajstić information content (AvgIpc) is 2.66. The van der Waals surface area contributed by atoms with Gasteiger partial charge in [-0.05, 0) is 56.3 Å². The van der Waals surface area contributed by atoms with Crippen LogP contribution >= 0.6 is 11.6 Å². The smallest absolute Gasteiger partial charge is 0.243 e. The molecule has 4 aliphatic rings. The van der Waals surface area contributed by atoms with Crippen molar-refractivity contribution in [2.45, 2.75) is 38.5 Å². The Balaban J connectivity index is 1.38. The van der Waals surface area contributed by atoms with Gasteiger partial charge in [0, 0.05) is 17.5 Å². The van der Waals surface area contributed by atoms with Crippen LogP contribution in [0.25, 0.3) is 0 Å². The minimum Gasteiger partial charge on any atom is -0.495 e. The summed E-state index contributed by atoms with van der Waals surface area (Å²) in [5.74, 6) is 2.69. The fourth-order valence-electron chi connectivity index (χ4n) is 5.89. The van der Waals surface area contributed by atoms with Gasteiger partial charge in [0.2, 0.25) is 11.8 Å². The lowest BCUT2D eigenvalue weighted by Crippen LogP contribution is -2.54. The van der Waals surface area contributed by atoms with E-state index in [0.29, 0.717) is 40.0 Å². The maximum atomic E-state index is 13.0. The van der Waals surface area contributed by atoms with Gasteiger partial charge in [-0.25, -0.2) is 0 Å². The first kappa shape index (κ1) is 19.4. The van der Waals surface area contributed by atoms with E-state index in [4.69, 9.17) is 21.1 Å². The van der Waals surface area contributed by atoms with E-state index in [1.807, 2.05) is 0 Å². The largest absolute Gasteiger partial charge is 0.495 e. The molecule has 152 valence electrons. The second-order valence-electron chi connectivity index (χ2n) is 8.62. The molecule has 2 N–H and O–H groups in total. The first-order chi connectivity index (χ1) is 13.4. The van der Waals surface area contributed by atoms with E-state index in [1.54, 1.807) is 12.1 Å². The maximum absolute atomic E-state index is 13.0. The SMILES string of the molecule is COc1cc(NC(=O)CNC(=O)C23CC4CC(CC(C4)C2)C3)c(OC)cc1Cl. The van der Waals surface area contributed by atoms with E-state index in [1.165, 1.54) is 33.5 Å². The van der Waals surface area contributed by atoms with E-state index in [-0.39, 0.29) is 23.8 Å². The van der Waals surface area contributed by atoms with Crippen molar-refractivity contribution in [3.05, 3.63) is 17.2 Å². The Morgan fingerprint density at radius 1 is 1.04 bits per heavy atom. The van der Waals surface area contributed by atoms with Crippen molar-refractivity contribution in [2.75, 3.05) is 26.1 Å². The molecule has 4 fully saturated rings. The van der Waals surface area contributed by atoms with Crippen molar-refractivity contribution in [1.29, 1.82) is 0 Å². The molecule has 4 bridgehead atoms. The Bertz CT molecular complexity index is 760. The van der Waals surface area contributed by atoms with Crippen LogP contribution in [0, 0.1) is 23.2 Å². The highest BCUT2D eigenvalue weighted by Gasteiger charge is 2.54. The summed E-state index contributed by atoms with van der Waals surface area (Å²) in [6.07, 6.45) is 6.79. The van der Waals surface area contributed by atoms with Crippen molar-refractivity contribution < 1.29 is 19.1 Å². The van der Waals surface area contributed by atoms with E-state index >= 15 is 0 Å². The molecule has 6 nitrogen and oxygen atoms in total. The first-order valence-corrected chi connectivity index (χ1v) is 10.3. The molecule has 0 atom stereocenters. The molecule has 0 aliphatic heterocycles. The molecule has 0 radical (unpaired) electrons. The zero-order valence-electron chi connectivity index (χ0n) is 16.3. The topological polar surface area (TPSA) is 76.7 Å². The monoisotopic (exact) mass is 406 g/mol. The number of amides is 2. The number of hydrogen-bond acceptors (Lipinski definition) is 4. The summed E-state index contributed by atoms with van der Waals surface area (Å²) in [5.41, 5.74) is 0.203. The van der Waals surface area contributed by atoms with Gasteiger partial charge in [0.05, 0.1) is 31.5 Å². The summed E-state index contributed by atoms with van der Waals surface area (Å²) in [7, 11) is 3.01. The fourth-order valence-corrected chi connectivity index (χ4v) is 6.12. The van der Waals surface area contributed by atoms with Gasteiger partial charge in [0.1, 0.15) is 11.5 Å². The molecule has 7 heteroatoms. The lowest BCUT2D eigenvalue weighted by Gasteiger charge is -2.55. The lowest BCUT2D eigenvalue weighted by atomic mass is 9.49. The summed E-state index contributed by atoms with van der Waals surface area (Å²) in [6.45, 7) is -0.0608. The Hall–Kier alpha value is -1.95. The van der Waals surface area contributed by atoms with Crippen LogP contribution in [-0.4, -0.2) is 32.6 Å². The fraction of sp³-hybridized carbons (Fsp3) is 0.619. The van der Waals surface area contributed by atoms with Gasteiger partial charge in [-0.1, -0.05) is 11.6 Å². The Kier molecular flexibility index (Phi) is 5.17. The van der Waals surface area contributed by atoms with Crippen LogP contribution in [0.2, 0.25) is 5.02 Å². The molecule has 4 aliphatic carbocycles. The van der Waals surface area contributed by atoms with E-state index in [9.17, 15) is 9.59 Å². The molecule has 1 aromatic carbocycles. The number of benzene rings is 1. The van der Waals surface area contributed by atoms with Crippen LogP contribution in [0.15, 0.2) is 12.1 Å². The summed E-state index contributed by atoms with van der Waals surface area (Å²) < 4.78 is 10.5. The second-order valence-corrected chi connectivity index (χ2v) is 9.02. The number of rotatable bonds is 6. The second kappa shape index (κ2) is 7.47. The van der Waals surface area contributed by atoms with E-state index in [2.05, 4.69) is 10.6 Å². The average molecular weight is 407 g/mol. The molecule has 0 spiro atoms. The van der Waals surface area contributed by atoms with Crippen molar-refractivity contribution >= 4 is 29.1 Å². The Morgan fingerprint density at radius 3 is 2.14 bits per heavy atom. The van der Waals surface area contributed by atoms with Crippen molar-refractivity contribution in [3.8, 4) is 11.5 Å². The standard InChI is InChI=1S/C21H27ClN2O4/c1-27-17-7-16(18(28-2)6-15(17)22)24-19(25)11-23-20(26)21-8-12-3-13(9-21)5-14(4-12)10-21/h6-7,12-14H,3-5,8-11H2,1-2H3,(H,23,26)(H,24,25). The van der Waals surface area contributed by atoms with Gasteiger partial charge in [-0.2, -0.15) is 0 Å². The van der Waals surface area contributed by atoms with Crippen LogP contribution in [0.3, 0.4) is 0 Å². The number of nitrogens with one attached hydrogen (secondary N) is 2. The molecule has 0 aromatic heterocycles. The quantitative estimate of drug-likeness (QED) is 0.756. The van der Waals surface area contributed by atoms with Crippen LogP contribution in [-0.2, 0) is 9.59 Å². The van der Waals surface area contributed by atoms with Gasteiger partial charge >= 0.3 is 0 Å². The van der Waals surface area contributed by atoms with Crippen molar-refractivity contribution in [2.24, 2.45) is 23.2 Å². The van der Waals surface area contributed by atoms with Gasteiger partial charge < -0.3 is 20.1 Å². The number of carbonyl (C=O) groups is 2. The zero-order valence-corrected chi connectivity index (χ0v) is 17.1. The van der Waals surface area contributed by atoms with Crippen molar-refractivity contribution in [3.63, 3.8) is 0 Å². The summed E-state index contributed by atoms with van der Waals surface area (Å²) in [6, 6.07) is 3.20. The summed E-state index contributed by atoms with van der Waals surface area (Å²) in [4.78, 5) is 25.4. The van der Waals surface area contributed by atoms with Gasteiger partial charge in [-0.15, -0.1) is 0 Å². The number of ether oxygens (including phenoxy) is 2. The molecule has 1 aromatic rings. The molecule has 0 unspecified atom stereocenters. The number of carbonyl (C=O) groups excluding carboxylic acids is 2. The minimum atomic E-state index is -0.305. The summed E-state index contributed by atoms with van der Waals surface area (Å²) in [5, 5.41) is 6.06. The molecular weight excluding hydrogens is 380 g/mol. The first-order valence-electron chi connectivity index (χ1n) is 9.92. The third kappa shape index (κ3) is 3.54. The molecule has 0 heterocycles. The highest BCUT2D eigenvalue weighted by atomic mass is 35.5. The Labute approximate surface area is 170 Å². The molecule has 5 rings (SSSR count). The molecule has 28 heavy (non-hydrogen) atoms. The molecule has 2 amide bonds. The van der Waals surface area contributed by atoms with E-state index in [0.717, 1.165) is 19.3 Å². The van der Waals surface area contributed by atoms with Gasteiger partial charge in [0.25, 0.3) is 0 Å². The number of anilines is 1. The molecule has 0 saturated heterocycles.